The van der Waals surface area contributed by atoms with Gasteiger partial charge in [-0.05, 0) is 12.0 Å². The minimum atomic E-state index is -0.885. The van der Waals surface area contributed by atoms with E-state index in [4.69, 9.17) is 9.84 Å². The number of methoxy groups -OCH3 is 1. The SMILES string of the molecule is COCC(C)NC(=O)c1cc[n+](CCC(=O)O)nc1. The van der Waals surface area contributed by atoms with Crippen molar-refractivity contribution in [2.45, 2.75) is 25.9 Å². The van der Waals surface area contributed by atoms with E-state index in [1.807, 2.05) is 6.92 Å². The smallest absolute Gasteiger partial charge is 0.309 e. The van der Waals surface area contributed by atoms with Crippen LogP contribution in [0.3, 0.4) is 0 Å². The zero-order valence-corrected chi connectivity index (χ0v) is 11.0. The summed E-state index contributed by atoms with van der Waals surface area (Å²) in [5.41, 5.74) is 0.425. The Balaban J connectivity index is 2.55. The Hall–Kier alpha value is -2.02. The predicted octanol–water partition coefficient (Wildman–Crippen LogP) is -0.391. The van der Waals surface area contributed by atoms with E-state index in [0.717, 1.165) is 0 Å². The van der Waals surface area contributed by atoms with Crippen molar-refractivity contribution in [2.24, 2.45) is 0 Å². The average Bonchev–Trinajstić information content (AvgIpc) is 2.37. The maximum atomic E-state index is 11.8. The van der Waals surface area contributed by atoms with Crippen molar-refractivity contribution in [3.05, 3.63) is 24.0 Å². The number of hydrogen-bond acceptors (Lipinski definition) is 4. The second-order valence-corrected chi connectivity index (χ2v) is 4.15. The quantitative estimate of drug-likeness (QED) is 0.657. The molecule has 7 heteroatoms. The summed E-state index contributed by atoms with van der Waals surface area (Å²) >= 11 is 0. The second kappa shape index (κ2) is 7.42. The molecule has 0 aromatic carbocycles. The van der Waals surface area contributed by atoms with E-state index in [0.29, 0.717) is 12.2 Å². The van der Waals surface area contributed by atoms with Gasteiger partial charge in [0.15, 0.2) is 12.7 Å². The molecule has 1 amide bonds. The normalized spacial score (nSPS) is 11.9. The summed E-state index contributed by atoms with van der Waals surface area (Å²) < 4.78 is 6.40. The number of ether oxygens (including phenoxy) is 1. The summed E-state index contributed by atoms with van der Waals surface area (Å²) in [6.45, 7) is 2.55. The van der Waals surface area contributed by atoms with Crippen LogP contribution < -0.4 is 10.00 Å². The minimum absolute atomic E-state index is 0.00587. The lowest BCUT2D eigenvalue weighted by atomic mass is 10.2. The molecule has 0 bridgehead atoms. The molecule has 0 spiro atoms. The highest BCUT2D eigenvalue weighted by Gasteiger charge is 2.12. The number of carbonyl (C=O) groups excluding carboxylic acids is 1. The largest absolute Gasteiger partial charge is 0.481 e. The van der Waals surface area contributed by atoms with Gasteiger partial charge in [-0.2, -0.15) is 0 Å². The minimum Gasteiger partial charge on any atom is -0.481 e. The van der Waals surface area contributed by atoms with Crippen molar-refractivity contribution in [1.29, 1.82) is 0 Å². The lowest BCUT2D eigenvalue weighted by Gasteiger charge is -2.11. The number of aliphatic carboxylic acids is 1. The van der Waals surface area contributed by atoms with Crippen LogP contribution in [0.5, 0.6) is 0 Å². The maximum Gasteiger partial charge on any atom is 0.309 e. The fraction of sp³-hybridized carbons (Fsp3) is 0.500. The molecule has 0 aliphatic heterocycles. The molecule has 1 aromatic rings. The zero-order valence-electron chi connectivity index (χ0n) is 11.0. The van der Waals surface area contributed by atoms with E-state index in [1.165, 1.54) is 10.9 Å². The Labute approximate surface area is 111 Å². The van der Waals surface area contributed by atoms with Gasteiger partial charge < -0.3 is 15.2 Å². The van der Waals surface area contributed by atoms with Gasteiger partial charge in [0.2, 0.25) is 0 Å². The van der Waals surface area contributed by atoms with Crippen LogP contribution in [0.4, 0.5) is 0 Å². The number of rotatable bonds is 7. The Morgan fingerprint density at radius 2 is 2.32 bits per heavy atom. The second-order valence-electron chi connectivity index (χ2n) is 4.15. The van der Waals surface area contributed by atoms with Gasteiger partial charge in [0.1, 0.15) is 12.6 Å². The Kier molecular flexibility index (Phi) is 5.87. The van der Waals surface area contributed by atoms with Gasteiger partial charge in [-0.1, -0.05) is 4.68 Å². The van der Waals surface area contributed by atoms with Crippen LogP contribution in [0.2, 0.25) is 0 Å². The van der Waals surface area contributed by atoms with Crippen molar-refractivity contribution in [1.82, 2.24) is 10.4 Å². The van der Waals surface area contributed by atoms with E-state index in [2.05, 4.69) is 10.4 Å². The molecule has 1 atom stereocenters. The third-order valence-corrected chi connectivity index (χ3v) is 2.38. The fourth-order valence-corrected chi connectivity index (χ4v) is 1.46. The topological polar surface area (TPSA) is 92.4 Å². The number of carbonyl (C=O) groups is 2. The van der Waals surface area contributed by atoms with E-state index in [9.17, 15) is 9.59 Å². The van der Waals surface area contributed by atoms with Crippen LogP contribution in [0.15, 0.2) is 18.5 Å². The molecular formula is C12H18N3O4+. The Morgan fingerprint density at radius 3 is 2.84 bits per heavy atom. The van der Waals surface area contributed by atoms with Crippen molar-refractivity contribution in [2.75, 3.05) is 13.7 Å². The molecule has 19 heavy (non-hydrogen) atoms. The monoisotopic (exact) mass is 268 g/mol. The van der Waals surface area contributed by atoms with Crippen molar-refractivity contribution >= 4 is 11.9 Å². The molecule has 7 nitrogen and oxygen atoms in total. The molecule has 1 unspecified atom stereocenters. The molecular weight excluding hydrogens is 250 g/mol. The van der Waals surface area contributed by atoms with Gasteiger partial charge in [-0.15, -0.1) is 0 Å². The van der Waals surface area contributed by atoms with Gasteiger partial charge in [0, 0.05) is 19.2 Å². The van der Waals surface area contributed by atoms with E-state index in [-0.39, 0.29) is 24.9 Å². The van der Waals surface area contributed by atoms with Crippen LogP contribution in [0, 0.1) is 0 Å². The highest BCUT2D eigenvalue weighted by atomic mass is 16.5. The summed E-state index contributed by atoms with van der Waals surface area (Å²) in [7, 11) is 1.57. The molecule has 0 aliphatic rings. The van der Waals surface area contributed by atoms with Crippen molar-refractivity contribution < 1.29 is 24.1 Å². The Bertz CT molecular complexity index is 433. The zero-order chi connectivity index (χ0) is 14.3. The lowest BCUT2D eigenvalue weighted by molar-refractivity contribution is -0.753. The number of amides is 1. The lowest BCUT2D eigenvalue weighted by Crippen LogP contribution is -2.40. The molecule has 0 aliphatic carbocycles. The first kappa shape index (κ1) is 15.0. The van der Waals surface area contributed by atoms with Crippen LogP contribution in [-0.2, 0) is 16.1 Å². The summed E-state index contributed by atoms with van der Waals surface area (Å²) in [4.78, 5) is 22.2. The van der Waals surface area contributed by atoms with Crippen LogP contribution in [-0.4, -0.2) is 41.8 Å². The number of carboxylic acids is 1. The predicted molar refractivity (Wildman–Crippen MR) is 65.5 cm³/mol. The first-order valence-electron chi connectivity index (χ1n) is 5.90. The third kappa shape index (κ3) is 5.43. The van der Waals surface area contributed by atoms with Gasteiger partial charge in [0.25, 0.3) is 5.91 Å². The van der Waals surface area contributed by atoms with Crippen LogP contribution in [0.25, 0.3) is 0 Å². The van der Waals surface area contributed by atoms with E-state index in [1.54, 1.807) is 19.4 Å². The third-order valence-electron chi connectivity index (χ3n) is 2.38. The number of nitrogens with one attached hydrogen (secondary N) is 1. The molecule has 2 N–H and O–H groups in total. The number of aryl methyl sites for hydroxylation is 1. The molecule has 1 aromatic heterocycles. The summed E-state index contributed by atoms with van der Waals surface area (Å²) in [6, 6.07) is 1.51. The molecule has 0 radical (unpaired) electrons. The maximum absolute atomic E-state index is 11.8. The van der Waals surface area contributed by atoms with Crippen molar-refractivity contribution in [3.8, 4) is 0 Å². The molecule has 0 fully saturated rings. The number of nitrogens with zero attached hydrogens (tertiary/aromatic N) is 2. The molecule has 1 heterocycles. The first-order valence-corrected chi connectivity index (χ1v) is 5.90. The number of carboxylic acid groups (broad SMARTS) is 1. The van der Waals surface area contributed by atoms with E-state index < -0.39 is 5.97 Å². The van der Waals surface area contributed by atoms with Crippen LogP contribution in [0.1, 0.15) is 23.7 Å². The summed E-state index contributed by atoms with van der Waals surface area (Å²) in [5.74, 6) is -1.12. The summed E-state index contributed by atoms with van der Waals surface area (Å²) in [5, 5.41) is 15.3. The summed E-state index contributed by atoms with van der Waals surface area (Å²) in [6.07, 6.45) is 2.99. The van der Waals surface area contributed by atoms with Gasteiger partial charge in [-0.25, -0.2) is 0 Å². The average molecular weight is 268 g/mol. The molecule has 0 saturated heterocycles. The first-order chi connectivity index (χ1) is 9.02. The van der Waals surface area contributed by atoms with Crippen LogP contribution >= 0.6 is 0 Å². The highest BCUT2D eigenvalue weighted by molar-refractivity contribution is 5.93. The van der Waals surface area contributed by atoms with Crippen molar-refractivity contribution in [3.63, 3.8) is 0 Å². The molecule has 104 valence electrons. The number of hydrogen-bond donors (Lipinski definition) is 2. The van der Waals surface area contributed by atoms with Gasteiger partial charge >= 0.3 is 5.97 Å². The van der Waals surface area contributed by atoms with Gasteiger partial charge in [-0.3, -0.25) is 9.59 Å². The number of aromatic nitrogens is 2. The standard InChI is InChI=1S/C12H17N3O4/c1-9(8-19-2)14-12(18)10-3-5-15(13-7-10)6-4-11(16)17/h3,5,7,9H,4,6,8H2,1-2H3,(H-,14,16,17,18)/p+1. The molecule has 1 rings (SSSR count). The molecule has 0 saturated carbocycles. The fourth-order valence-electron chi connectivity index (χ4n) is 1.46. The Morgan fingerprint density at radius 1 is 1.58 bits per heavy atom. The van der Waals surface area contributed by atoms with E-state index >= 15 is 0 Å². The van der Waals surface area contributed by atoms with Gasteiger partial charge in [0.05, 0.1) is 12.2 Å². The highest BCUT2D eigenvalue weighted by Crippen LogP contribution is 1.95.